The van der Waals surface area contributed by atoms with E-state index in [4.69, 9.17) is 9.47 Å². The molecule has 0 radical (unpaired) electrons. The molecule has 0 bridgehead atoms. The molecule has 1 rings (SSSR count). The van der Waals surface area contributed by atoms with Gasteiger partial charge in [0.25, 0.3) is 0 Å². The maximum Gasteiger partial charge on any atom is 0.307 e. The van der Waals surface area contributed by atoms with E-state index in [1.807, 2.05) is 31.2 Å². The first-order chi connectivity index (χ1) is 10.0. The van der Waals surface area contributed by atoms with Crippen LogP contribution in [0.1, 0.15) is 25.3 Å². The predicted molar refractivity (Wildman–Crippen MR) is 80.2 cm³/mol. The highest BCUT2D eigenvalue weighted by Crippen LogP contribution is 2.12. The maximum atomic E-state index is 11.9. The molecule has 1 aromatic carbocycles. The van der Waals surface area contributed by atoms with Crippen LogP contribution in [0.4, 0.5) is 0 Å². The highest BCUT2D eigenvalue weighted by molar-refractivity contribution is 5.77. The number of esters is 1. The number of nitrogens with zero attached hydrogens (tertiary/aromatic N) is 1. The van der Waals surface area contributed by atoms with Gasteiger partial charge < -0.3 is 14.4 Å². The van der Waals surface area contributed by atoms with Crippen molar-refractivity contribution in [2.45, 2.75) is 26.7 Å². The molecule has 0 aliphatic rings. The van der Waals surface area contributed by atoms with E-state index < -0.39 is 0 Å². The Kier molecular flexibility index (Phi) is 7.29. The Hall–Kier alpha value is -2.04. The Morgan fingerprint density at radius 3 is 2.67 bits per heavy atom. The molecule has 0 heterocycles. The van der Waals surface area contributed by atoms with Gasteiger partial charge >= 0.3 is 5.97 Å². The van der Waals surface area contributed by atoms with Crippen molar-refractivity contribution in [1.82, 2.24) is 4.90 Å². The minimum Gasteiger partial charge on any atom is -0.493 e. The fourth-order valence-electron chi connectivity index (χ4n) is 1.77. The van der Waals surface area contributed by atoms with Crippen LogP contribution in [0.25, 0.3) is 0 Å². The van der Waals surface area contributed by atoms with Gasteiger partial charge in [-0.25, -0.2) is 0 Å². The van der Waals surface area contributed by atoms with Crippen molar-refractivity contribution in [3.8, 4) is 5.75 Å². The van der Waals surface area contributed by atoms with Gasteiger partial charge in [0.1, 0.15) is 5.75 Å². The molecule has 116 valence electrons. The quantitative estimate of drug-likeness (QED) is 0.689. The Balaban J connectivity index is 2.25. The number of hydrogen-bond acceptors (Lipinski definition) is 4. The van der Waals surface area contributed by atoms with Crippen molar-refractivity contribution in [2.75, 3.05) is 26.8 Å². The predicted octanol–water partition coefficient (Wildman–Crippen LogP) is 2.18. The average molecular weight is 293 g/mol. The molecule has 0 fully saturated rings. The SMILES string of the molecule is CCOC(=O)CCN(C)C(=O)CCOc1cccc(C)c1. The highest BCUT2D eigenvalue weighted by atomic mass is 16.5. The molecule has 0 aliphatic carbocycles. The zero-order valence-corrected chi connectivity index (χ0v) is 12.9. The second-order valence-corrected chi connectivity index (χ2v) is 4.79. The molecular formula is C16H23NO4. The van der Waals surface area contributed by atoms with E-state index in [2.05, 4.69) is 0 Å². The molecule has 0 aliphatic heterocycles. The number of benzene rings is 1. The summed E-state index contributed by atoms with van der Waals surface area (Å²) >= 11 is 0. The monoisotopic (exact) mass is 293 g/mol. The summed E-state index contributed by atoms with van der Waals surface area (Å²) in [7, 11) is 1.67. The third-order valence-corrected chi connectivity index (χ3v) is 2.96. The number of carbonyl (C=O) groups excluding carboxylic acids is 2. The Labute approximate surface area is 125 Å². The molecule has 0 atom stereocenters. The molecule has 0 saturated carbocycles. The number of carbonyl (C=O) groups is 2. The first kappa shape index (κ1) is 17.0. The minimum absolute atomic E-state index is 0.0491. The van der Waals surface area contributed by atoms with Crippen LogP contribution < -0.4 is 4.74 Å². The second kappa shape index (κ2) is 9.00. The zero-order chi connectivity index (χ0) is 15.7. The molecule has 0 N–H and O–H groups in total. The van der Waals surface area contributed by atoms with Crippen LogP contribution in [-0.4, -0.2) is 43.6 Å². The van der Waals surface area contributed by atoms with Gasteiger partial charge in [-0.1, -0.05) is 12.1 Å². The minimum atomic E-state index is -0.284. The van der Waals surface area contributed by atoms with Gasteiger partial charge in [-0.2, -0.15) is 0 Å². The number of rotatable bonds is 8. The van der Waals surface area contributed by atoms with Crippen LogP contribution in [-0.2, 0) is 14.3 Å². The third kappa shape index (κ3) is 6.79. The Morgan fingerprint density at radius 2 is 2.00 bits per heavy atom. The van der Waals surface area contributed by atoms with Gasteiger partial charge in [0.15, 0.2) is 0 Å². The number of amides is 1. The lowest BCUT2D eigenvalue weighted by Gasteiger charge is -2.16. The first-order valence-electron chi connectivity index (χ1n) is 7.12. The van der Waals surface area contributed by atoms with Gasteiger partial charge in [-0.15, -0.1) is 0 Å². The van der Waals surface area contributed by atoms with Crippen molar-refractivity contribution in [1.29, 1.82) is 0 Å². The molecule has 0 spiro atoms. The normalized spacial score (nSPS) is 10.0. The lowest BCUT2D eigenvalue weighted by atomic mass is 10.2. The molecule has 5 nitrogen and oxygen atoms in total. The summed E-state index contributed by atoms with van der Waals surface area (Å²) < 4.78 is 10.4. The van der Waals surface area contributed by atoms with E-state index in [1.54, 1.807) is 14.0 Å². The summed E-state index contributed by atoms with van der Waals surface area (Å²) in [5.41, 5.74) is 1.12. The standard InChI is InChI=1S/C16H23NO4/c1-4-20-16(19)8-10-17(3)15(18)9-11-21-14-7-5-6-13(2)12-14/h5-7,12H,4,8-11H2,1-3H3. The fourth-order valence-corrected chi connectivity index (χ4v) is 1.77. The first-order valence-corrected chi connectivity index (χ1v) is 7.12. The molecule has 5 heteroatoms. The van der Waals surface area contributed by atoms with Crippen LogP contribution in [0.2, 0.25) is 0 Å². The van der Waals surface area contributed by atoms with Crippen LogP contribution in [0.5, 0.6) is 5.75 Å². The lowest BCUT2D eigenvalue weighted by molar-refractivity contribution is -0.143. The summed E-state index contributed by atoms with van der Waals surface area (Å²) in [6.45, 7) is 4.80. The van der Waals surface area contributed by atoms with Gasteiger partial charge in [-0.05, 0) is 31.5 Å². The lowest BCUT2D eigenvalue weighted by Crippen LogP contribution is -2.30. The number of ether oxygens (including phenoxy) is 2. The van der Waals surface area contributed by atoms with Crippen molar-refractivity contribution in [2.24, 2.45) is 0 Å². The summed E-state index contributed by atoms with van der Waals surface area (Å²) in [6.07, 6.45) is 0.502. The highest BCUT2D eigenvalue weighted by Gasteiger charge is 2.11. The Morgan fingerprint density at radius 1 is 1.24 bits per heavy atom. The summed E-state index contributed by atoms with van der Waals surface area (Å²) in [6, 6.07) is 7.69. The van der Waals surface area contributed by atoms with Crippen molar-refractivity contribution < 1.29 is 19.1 Å². The molecule has 0 unspecified atom stereocenters. The Bertz CT molecular complexity index is 473. The van der Waals surface area contributed by atoms with Crippen LogP contribution >= 0.6 is 0 Å². The van der Waals surface area contributed by atoms with Crippen molar-refractivity contribution in [3.63, 3.8) is 0 Å². The fraction of sp³-hybridized carbons (Fsp3) is 0.500. The van der Waals surface area contributed by atoms with Crippen LogP contribution in [0.15, 0.2) is 24.3 Å². The van der Waals surface area contributed by atoms with E-state index in [1.165, 1.54) is 4.90 Å². The molecule has 1 amide bonds. The van der Waals surface area contributed by atoms with Crippen LogP contribution in [0.3, 0.4) is 0 Å². The van der Waals surface area contributed by atoms with E-state index in [0.717, 1.165) is 11.3 Å². The summed E-state index contributed by atoms with van der Waals surface area (Å²) in [5.74, 6) is 0.428. The number of hydrogen-bond donors (Lipinski definition) is 0. The zero-order valence-electron chi connectivity index (χ0n) is 12.9. The molecule has 21 heavy (non-hydrogen) atoms. The van der Waals surface area contributed by atoms with Crippen molar-refractivity contribution in [3.05, 3.63) is 29.8 Å². The second-order valence-electron chi connectivity index (χ2n) is 4.79. The van der Waals surface area contributed by atoms with Gasteiger partial charge in [0.2, 0.25) is 5.91 Å². The average Bonchev–Trinajstić information content (AvgIpc) is 2.45. The van der Waals surface area contributed by atoms with Gasteiger partial charge in [-0.3, -0.25) is 9.59 Å². The van der Waals surface area contributed by atoms with Gasteiger partial charge in [0, 0.05) is 13.6 Å². The summed E-state index contributed by atoms with van der Waals surface area (Å²) in [4.78, 5) is 24.6. The molecule has 1 aromatic rings. The maximum absolute atomic E-state index is 11.9. The number of aryl methyl sites for hydroxylation is 1. The smallest absolute Gasteiger partial charge is 0.307 e. The van der Waals surface area contributed by atoms with E-state index in [-0.39, 0.29) is 24.7 Å². The van der Waals surface area contributed by atoms with E-state index in [0.29, 0.717) is 19.8 Å². The largest absolute Gasteiger partial charge is 0.493 e. The van der Waals surface area contributed by atoms with E-state index in [9.17, 15) is 9.59 Å². The molecule has 0 saturated heterocycles. The summed E-state index contributed by atoms with van der Waals surface area (Å²) in [5, 5.41) is 0. The van der Waals surface area contributed by atoms with Crippen molar-refractivity contribution >= 4 is 11.9 Å². The molecule has 0 aromatic heterocycles. The third-order valence-electron chi connectivity index (χ3n) is 2.96. The van der Waals surface area contributed by atoms with Gasteiger partial charge in [0.05, 0.1) is 26.1 Å². The molecular weight excluding hydrogens is 270 g/mol. The van der Waals surface area contributed by atoms with E-state index >= 15 is 0 Å². The topological polar surface area (TPSA) is 55.8 Å². The van der Waals surface area contributed by atoms with Crippen LogP contribution in [0, 0.1) is 6.92 Å².